The van der Waals surface area contributed by atoms with Gasteiger partial charge in [-0.1, -0.05) is 30.3 Å². The smallest absolute Gasteiger partial charge is 0.339 e. The molecule has 6 heteroatoms. The normalized spacial score (nSPS) is 11.8. The first kappa shape index (κ1) is 19.4. The number of aromatic nitrogens is 2. The van der Waals surface area contributed by atoms with Crippen molar-refractivity contribution in [2.24, 2.45) is 0 Å². The zero-order valence-electron chi connectivity index (χ0n) is 16.1. The van der Waals surface area contributed by atoms with Crippen molar-refractivity contribution < 1.29 is 19.1 Å². The largest absolute Gasteiger partial charge is 0.619 e. The van der Waals surface area contributed by atoms with Crippen molar-refractivity contribution in [2.75, 3.05) is 6.61 Å². The highest BCUT2D eigenvalue weighted by atomic mass is 16.5. The van der Waals surface area contributed by atoms with E-state index in [4.69, 9.17) is 4.74 Å². The molecule has 0 aliphatic heterocycles. The van der Waals surface area contributed by atoms with E-state index in [1.165, 1.54) is 24.5 Å². The molecule has 144 valence electrons. The fourth-order valence-corrected chi connectivity index (χ4v) is 3.38. The molecular weight excluding hydrogens is 356 g/mol. The van der Waals surface area contributed by atoms with Crippen LogP contribution in [0.2, 0.25) is 0 Å². The number of carbonyl (C=O) groups is 2. The number of esters is 1. The number of rotatable bonds is 6. The number of benzene rings is 1. The molecule has 1 aromatic carbocycles. The van der Waals surface area contributed by atoms with Gasteiger partial charge in [-0.3, -0.25) is 4.79 Å². The quantitative estimate of drug-likeness (QED) is 0.285. The van der Waals surface area contributed by atoms with Crippen molar-refractivity contribution in [1.29, 1.82) is 0 Å². The Bertz CT molecular complexity index is 991. The molecule has 2 aromatic heterocycles. The Labute approximate surface area is 163 Å². The lowest BCUT2D eigenvalue weighted by molar-refractivity contribution is -0.605. The molecule has 28 heavy (non-hydrogen) atoms. The van der Waals surface area contributed by atoms with Gasteiger partial charge in [0.2, 0.25) is 5.78 Å². The van der Waals surface area contributed by atoms with Crippen molar-refractivity contribution in [3.63, 3.8) is 0 Å². The van der Waals surface area contributed by atoms with E-state index in [1.54, 1.807) is 0 Å². The van der Waals surface area contributed by atoms with Crippen LogP contribution >= 0.6 is 0 Å². The minimum Gasteiger partial charge on any atom is -0.619 e. The van der Waals surface area contributed by atoms with E-state index in [1.807, 2.05) is 38.1 Å². The second-order valence-corrected chi connectivity index (χ2v) is 6.69. The molecular formula is C22H22N2O4. The molecule has 0 aliphatic rings. The van der Waals surface area contributed by atoms with E-state index >= 15 is 0 Å². The molecule has 0 aliphatic carbocycles. The van der Waals surface area contributed by atoms with Crippen molar-refractivity contribution in [2.45, 2.75) is 26.8 Å². The van der Waals surface area contributed by atoms with Crippen LogP contribution in [-0.4, -0.2) is 22.9 Å². The molecule has 2 heterocycles. The van der Waals surface area contributed by atoms with E-state index in [0.29, 0.717) is 10.3 Å². The van der Waals surface area contributed by atoms with Crippen molar-refractivity contribution in [3.8, 4) is 0 Å². The van der Waals surface area contributed by atoms with Crippen molar-refractivity contribution >= 4 is 11.8 Å². The van der Waals surface area contributed by atoms with E-state index in [-0.39, 0.29) is 24.0 Å². The molecule has 3 aromatic rings. The summed E-state index contributed by atoms with van der Waals surface area (Å²) in [6.07, 6.45) is 2.41. The molecule has 3 rings (SSSR count). The lowest BCUT2D eigenvalue weighted by atomic mass is 10.1. The summed E-state index contributed by atoms with van der Waals surface area (Å²) < 4.78 is 7.80. The van der Waals surface area contributed by atoms with Gasteiger partial charge >= 0.3 is 5.97 Å². The highest BCUT2D eigenvalue weighted by Crippen LogP contribution is 2.25. The maximum absolute atomic E-state index is 12.6. The lowest BCUT2D eigenvalue weighted by Crippen LogP contribution is -2.24. The summed E-state index contributed by atoms with van der Waals surface area (Å²) in [4.78, 5) is 24.7. The summed E-state index contributed by atoms with van der Waals surface area (Å²) in [5, 5.41) is 11.0. The SMILES string of the molecule is Cc1cc(C(=O)COC(=O)c2cc[n+]([O-])cc2)c(C)n1[C@@H](C)c1ccccc1. The van der Waals surface area contributed by atoms with Crippen molar-refractivity contribution in [3.05, 3.63) is 94.2 Å². The zero-order valence-corrected chi connectivity index (χ0v) is 16.1. The van der Waals surface area contributed by atoms with Crippen LogP contribution in [0.5, 0.6) is 0 Å². The number of hydrogen-bond donors (Lipinski definition) is 0. The van der Waals surface area contributed by atoms with Gasteiger partial charge < -0.3 is 14.5 Å². The second-order valence-electron chi connectivity index (χ2n) is 6.69. The average molecular weight is 378 g/mol. The lowest BCUT2D eigenvalue weighted by Gasteiger charge is -2.19. The van der Waals surface area contributed by atoms with Crippen LogP contribution in [0.15, 0.2) is 60.9 Å². The van der Waals surface area contributed by atoms with Crippen LogP contribution in [0.25, 0.3) is 0 Å². The number of nitrogens with zero attached hydrogens (tertiary/aromatic N) is 2. The Morgan fingerprint density at radius 1 is 1.11 bits per heavy atom. The van der Waals surface area contributed by atoms with Crippen LogP contribution in [0, 0.1) is 19.1 Å². The fourth-order valence-electron chi connectivity index (χ4n) is 3.38. The van der Waals surface area contributed by atoms with Crippen LogP contribution in [0.3, 0.4) is 0 Å². The third kappa shape index (κ3) is 3.96. The number of ketones is 1. The summed E-state index contributed by atoms with van der Waals surface area (Å²) in [6, 6.07) is 14.7. The summed E-state index contributed by atoms with van der Waals surface area (Å²) in [5.74, 6) is -0.900. The number of hydrogen-bond acceptors (Lipinski definition) is 4. The van der Waals surface area contributed by atoms with E-state index in [0.717, 1.165) is 17.0 Å². The second kappa shape index (κ2) is 8.08. The number of pyridine rings is 1. The average Bonchev–Trinajstić information content (AvgIpc) is 3.00. The van der Waals surface area contributed by atoms with E-state index in [9.17, 15) is 14.8 Å². The van der Waals surface area contributed by atoms with Crippen molar-refractivity contribution in [1.82, 2.24) is 4.57 Å². The summed E-state index contributed by atoms with van der Waals surface area (Å²) in [6.45, 7) is 5.58. The minimum atomic E-state index is -0.639. The van der Waals surface area contributed by atoms with Gasteiger partial charge in [0.15, 0.2) is 19.0 Å². The highest BCUT2D eigenvalue weighted by molar-refractivity contribution is 6.00. The van der Waals surface area contributed by atoms with Gasteiger partial charge in [0, 0.05) is 29.1 Å². The summed E-state index contributed by atoms with van der Waals surface area (Å²) >= 11 is 0. The molecule has 0 radical (unpaired) electrons. The van der Waals surface area contributed by atoms with Gasteiger partial charge in [0.1, 0.15) is 0 Å². The maximum atomic E-state index is 12.6. The molecule has 0 fully saturated rings. The molecule has 0 bridgehead atoms. The maximum Gasteiger partial charge on any atom is 0.339 e. The van der Waals surface area contributed by atoms with E-state index in [2.05, 4.69) is 23.6 Å². The predicted molar refractivity (Wildman–Crippen MR) is 104 cm³/mol. The van der Waals surface area contributed by atoms with Gasteiger partial charge in [0.25, 0.3) is 0 Å². The van der Waals surface area contributed by atoms with Crippen LogP contribution < -0.4 is 4.73 Å². The molecule has 0 unspecified atom stereocenters. The molecule has 0 saturated heterocycles. The van der Waals surface area contributed by atoms with Gasteiger partial charge in [-0.2, -0.15) is 4.73 Å². The first-order valence-corrected chi connectivity index (χ1v) is 9.01. The van der Waals surface area contributed by atoms with Gasteiger partial charge in [-0.05, 0) is 32.4 Å². The topological polar surface area (TPSA) is 75.2 Å². The fraction of sp³-hybridized carbons (Fsp3) is 0.227. The first-order valence-electron chi connectivity index (χ1n) is 9.01. The Morgan fingerprint density at radius 3 is 2.39 bits per heavy atom. The van der Waals surface area contributed by atoms with Crippen LogP contribution in [-0.2, 0) is 4.74 Å². The first-order chi connectivity index (χ1) is 13.4. The number of ether oxygens (including phenoxy) is 1. The number of carbonyl (C=O) groups excluding carboxylic acids is 2. The molecule has 0 spiro atoms. The Morgan fingerprint density at radius 2 is 1.75 bits per heavy atom. The third-order valence-electron chi connectivity index (χ3n) is 4.83. The Balaban J connectivity index is 1.74. The van der Waals surface area contributed by atoms with Gasteiger partial charge in [0.05, 0.1) is 11.6 Å². The summed E-state index contributed by atoms with van der Waals surface area (Å²) in [7, 11) is 0. The highest BCUT2D eigenvalue weighted by Gasteiger charge is 2.21. The van der Waals surface area contributed by atoms with Crippen LogP contribution in [0.4, 0.5) is 0 Å². The number of aryl methyl sites for hydroxylation is 1. The van der Waals surface area contributed by atoms with Gasteiger partial charge in [-0.15, -0.1) is 0 Å². The van der Waals surface area contributed by atoms with Gasteiger partial charge in [-0.25, -0.2) is 4.79 Å². The van der Waals surface area contributed by atoms with Crippen LogP contribution in [0.1, 0.15) is 50.6 Å². The Kier molecular flexibility index (Phi) is 5.59. The summed E-state index contributed by atoms with van der Waals surface area (Å²) in [5.41, 5.74) is 3.71. The van der Waals surface area contributed by atoms with E-state index < -0.39 is 5.97 Å². The molecule has 1 atom stereocenters. The monoisotopic (exact) mass is 378 g/mol. The predicted octanol–water partition coefficient (Wildman–Crippen LogP) is 3.39. The standard InChI is InChI=1S/C22H22N2O4/c1-15-13-20(17(3)24(15)16(2)18-7-5-4-6-8-18)21(25)14-28-22(26)19-9-11-23(27)12-10-19/h4-13,16H,14H2,1-3H3/t16-/m0/s1. The molecule has 0 N–H and O–H groups in total. The zero-order chi connectivity index (χ0) is 20.3. The molecule has 0 saturated carbocycles. The third-order valence-corrected chi connectivity index (χ3v) is 4.83. The molecule has 0 amide bonds. The number of Topliss-reactive ketones (excluding diaryl/α,β-unsaturated/α-hetero) is 1. The molecule has 6 nitrogen and oxygen atoms in total. The Hall–Kier alpha value is -3.41. The minimum absolute atomic E-state index is 0.0772.